The van der Waals surface area contributed by atoms with Crippen molar-refractivity contribution in [3.05, 3.63) is 47.0 Å². The summed E-state index contributed by atoms with van der Waals surface area (Å²) in [6.45, 7) is 3.78. The van der Waals surface area contributed by atoms with Gasteiger partial charge in [0.2, 0.25) is 5.91 Å². The summed E-state index contributed by atoms with van der Waals surface area (Å²) in [7, 11) is -3.78. The lowest BCUT2D eigenvalue weighted by Gasteiger charge is -2.23. The van der Waals surface area contributed by atoms with Crippen LogP contribution in [0.2, 0.25) is 5.02 Å². The van der Waals surface area contributed by atoms with Crippen LogP contribution in [0, 0.1) is 6.92 Å². The van der Waals surface area contributed by atoms with Gasteiger partial charge in [-0.05, 0) is 49.2 Å². The average Bonchev–Trinajstić information content (AvgIpc) is 2.56. The number of aryl methyl sites for hydroxylation is 1. The van der Waals surface area contributed by atoms with Crippen molar-refractivity contribution in [1.29, 1.82) is 0 Å². The van der Waals surface area contributed by atoms with E-state index in [1.54, 1.807) is 24.3 Å². The number of hydrogen-bond acceptors (Lipinski definition) is 4. The van der Waals surface area contributed by atoms with Crippen molar-refractivity contribution in [2.24, 2.45) is 0 Å². The number of halogens is 1. The summed E-state index contributed by atoms with van der Waals surface area (Å²) in [5.41, 5.74) is 1.77. The molecule has 5 nitrogen and oxygen atoms in total. The molecule has 0 bridgehead atoms. The molecule has 0 saturated carbocycles. The largest absolute Gasteiger partial charge is 0.324 e. The molecule has 0 saturated heterocycles. The Kier molecular flexibility index (Phi) is 4.99. The molecule has 25 heavy (non-hydrogen) atoms. The van der Waals surface area contributed by atoms with E-state index in [1.807, 2.05) is 13.8 Å². The molecule has 0 radical (unpaired) electrons. The predicted octanol–water partition coefficient (Wildman–Crippen LogP) is 4.27. The first-order chi connectivity index (χ1) is 11.8. The minimum atomic E-state index is -3.78. The second-order valence-corrected chi connectivity index (χ2v) is 9.07. The van der Waals surface area contributed by atoms with Crippen LogP contribution < -0.4 is 10.0 Å². The molecule has 2 aromatic carbocycles. The summed E-state index contributed by atoms with van der Waals surface area (Å²) in [6.07, 6.45) is 0.714. The van der Waals surface area contributed by atoms with Gasteiger partial charge < -0.3 is 5.32 Å². The van der Waals surface area contributed by atoms with Crippen LogP contribution in [0.5, 0.6) is 0 Å². The van der Waals surface area contributed by atoms with Gasteiger partial charge in [-0.1, -0.05) is 24.6 Å². The van der Waals surface area contributed by atoms with Gasteiger partial charge in [0.1, 0.15) is 0 Å². The Morgan fingerprint density at radius 2 is 2.00 bits per heavy atom. The molecule has 1 aliphatic heterocycles. The molecule has 0 aliphatic carbocycles. The summed E-state index contributed by atoms with van der Waals surface area (Å²) < 4.78 is 27.7. The molecule has 2 N–H and O–H groups in total. The Morgan fingerprint density at radius 3 is 2.68 bits per heavy atom. The van der Waals surface area contributed by atoms with E-state index >= 15 is 0 Å². The van der Waals surface area contributed by atoms with Gasteiger partial charge >= 0.3 is 0 Å². The maximum Gasteiger partial charge on any atom is 0.261 e. The average molecular weight is 397 g/mol. The molecular weight excluding hydrogens is 380 g/mol. The minimum Gasteiger partial charge on any atom is -0.324 e. The van der Waals surface area contributed by atoms with Gasteiger partial charge in [-0.2, -0.15) is 0 Å². The van der Waals surface area contributed by atoms with Crippen LogP contribution in [0.15, 0.2) is 46.2 Å². The monoisotopic (exact) mass is 396 g/mol. The third kappa shape index (κ3) is 3.78. The van der Waals surface area contributed by atoms with E-state index in [4.69, 9.17) is 11.6 Å². The van der Waals surface area contributed by atoms with Gasteiger partial charge in [-0.25, -0.2) is 8.42 Å². The topological polar surface area (TPSA) is 75.3 Å². The van der Waals surface area contributed by atoms with Crippen molar-refractivity contribution in [2.45, 2.75) is 35.3 Å². The highest BCUT2D eigenvalue weighted by molar-refractivity contribution is 8.01. The molecule has 132 valence electrons. The Labute approximate surface area is 156 Å². The summed E-state index contributed by atoms with van der Waals surface area (Å²) in [5.74, 6) is -0.104. The quantitative estimate of drug-likeness (QED) is 0.809. The van der Waals surface area contributed by atoms with Gasteiger partial charge in [0.25, 0.3) is 10.0 Å². The van der Waals surface area contributed by atoms with Crippen LogP contribution in [0.1, 0.15) is 18.9 Å². The molecule has 8 heteroatoms. The first kappa shape index (κ1) is 18.1. The number of amides is 1. The maximum atomic E-state index is 12.6. The fourth-order valence-corrected chi connectivity index (χ4v) is 4.71. The number of rotatable bonds is 4. The fraction of sp³-hybridized carbons (Fsp3) is 0.235. The number of thioether (sulfide) groups is 1. The van der Waals surface area contributed by atoms with Crippen molar-refractivity contribution in [1.82, 2.24) is 0 Å². The first-order valence-electron chi connectivity index (χ1n) is 7.70. The third-order valence-electron chi connectivity index (χ3n) is 3.88. The van der Waals surface area contributed by atoms with Crippen LogP contribution in [0.4, 0.5) is 11.4 Å². The summed E-state index contributed by atoms with van der Waals surface area (Å²) in [6, 6.07) is 9.70. The van der Waals surface area contributed by atoms with E-state index in [2.05, 4.69) is 10.0 Å². The fourth-order valence-electron chi connectivity index (χ4n) is 2.44. The van der Waals surface area contributed by atoms with Gasteiger partial charge in [0.15, 0.2) is 0 Å². The summed E-state index contributed by atoms with van der Waals surface area (Å²) >= 11 is 7.49. The van der Waals surface area contributed by atoms with Crippen molar-refractivity contribution in [3.63, 3.8) is 0 Å². The standard InChI is InChI=1S/C17H17ClN2O3S2/c1-3-15-17(21)19-14-9-12(6-7-16(14)24-15)25(22,23)20-11-5-4-10(2)13(18)8-11/h4-9,15,20H,3H2,1-2H3,(H,19,21)/t15-/m0/s1. The summed E-state index contributed by atoms with van der Waals surface area (Å²) in [4.78, 5) is 12.9. The molecule has 1 amide bonds. The van der Waals surface area contributed by atoms with Crippen molar-refractivity contribution in [2.75, 3.05) is 10.0 Å². The van der Waals surface area contributed by atoms with Crippen LogP contribution in [0.3, 0.4) is 0 Å². The smallest absolute Gasteiger partial charge is 0.261 e. The highest BCUT2D eigenvalue weighted by Crippen LogP contribution is 2.38. The molecule has 1 atom stereocenters. The molecule has 1 heterocycles. The van der Waals surface area contributed by atoms with Crippen LogP contribution in [-0.4, -0.2) is 19.6 Å². The van der Waals surface area contributed by atoms with Gasteiger partial charge in [0, 0.05) is 9.92 Å². The molecule has 0 spiro atoms. The number of fused-ring (bicyclic) bond motifs is 1. The zero-order valence-corrected chi connectivity index (χ0v) is 16.1. The Hall–Kier alpha value is -1.70. The van der Waals surface area contributed by atoms with Crippen LogP contribution in [-0.2, 0) is 14.8 Å². The minimum absolute atomic E-state index is 0.0822. The van der Waals surface area contributed by atoms with E-state index in [-0.39, 0.29) is 16.1 Å². The van der Waals surface area contributed by atoms with Gasteiger partial charge in [-0.3, -0.25) is 9.52 Å². The highest BCUT2D eigenvalue weighted by atomic mass is 35.5. The summed E-state index contributed by atoms with van der Waals surface area (Å²) in [5, 5.41) is 3.12. The van der Waals surface area contributed by atoms with Gasteiger partial charge in [-0.15, -0.1) is 11.8 Å². The van der Waals surface area contributed by atoms with Crippen LogP contribution in [0.25, 0.3) is 0 Å². The molecule has 2 aromatic rings. The van der Waals surface area contributed by atoms with E-state index in [0.717, 1.165) is 10.5 Å². The van der Waals surface area contributed by atoms with E-state index in [1.165, 1.54) is 23.9 Å². The van der Waals surface area contributed by atoms with E-state index in [9.17, 15) is 13.2 Å². The number of benzene rings is 2. The number of carbonyl (C=O) groups is 1. The lowest BCUT2D eigenvalue weighted by Crippen LogP contribution is -2.28. The second kappa shape index (κ2) is 6.90. The second-order valence-electron chi connectivity index (χ2n) is 5.73. The lowest BCUT2D eigenvalue weighted by molar-refractivity contribution is -0.115. The highest BCUT2D eigenvalue weighted by Gasteiger charge is 2.27. The van der Waals surface area contributed by atoms with Gasteiger partial charge in [0.05, 0.1) is 21.5 Å². The molecule has 0 unspecified atom stereocenters. The van der Waals surface area contributed by atoms with E-state index < -0.39 is 10.0 Å². The maximum absolute atomic E-state index is 12.6. The molecule has 3 rings (SSSR count). The molecule has 0 fully saturated rings. The number of sulfonamides is 1. The normalized spacial score (nSPS) is 16.9. The predicted molar refractivity (Wildman–Crippen MR) is 102 cm³/mol. The van der Waals surface area contributed by atoms with E-state index in [0.29, 0.717) is 22.8 Å². The molecule has 1 aliphatic rings. The number of carbonyl (C=O) groups excluding carboxylic acids is 1. The number of nitrogens with one attached hydrogen (secondary N) is 2. The Bertz CT molecular complexity index is 945. The third-order valence-corrected chi connectivity index (χ3v) is 7.10. The number of anilines is 2. The molecular formula is C17H17ClN2O3S2. The zero-order chi connectivity index (χ0) is 18.2. The lowest BCUT2D eigenvalue weighted by atomic mass is 10.2. The SMILES string of the molecule is CC[C@@H]1Sc2ccc(S(=O)(=O)Nc3ccc(C)c(Cl)c3)cc2NC1=O. The Balaban J connectivity index is 1.89. The first-order valence-corrected chi connectivity index (χ1v) is 10.4. The van der Waals surface area contributed by atoms with Crippen LogP contribution >= 0.6 is 23.4 Å². The molecule has 0 aromatic heterocycles. The van der Waals surface area contributed by atoms with Crippen molar-refractivity contribution >= 4 is 50.7 Å². The Morgan fingerprint density at radius 1 is 1.24 bits per heavy atom. The zero-order valence-electron chi connectivity index (χ0n) is 13.7. The van der Waals surface area contributed by atoms with Crippen molar-refractivity contribution in [3.8, 4) is 0 Å². The number of hydrogen-bond donors (Lipinski definition) is 2. The van der Waals surface area contributed by atoms with Crippen molar-refractivity contribution < 1.29 is 13.2 Å².